The molecule has 1 aromatic carbocycles. The van der Waals surface area contributed by atoms with E-state index in [2.05, 4.69) is 15.4 Å². The summed E-state index contributed by atoms with van der Waals surface area (Å²) in [6.07, 6.45) is 1.64. The van der Waals surface area contributed by atoms with E-state index in [1.807, 2.05) is 39.0 Å². The third-order valence-corrected chi connectivity index (χ3v) is 4.73. The van der Waals surface area contributed by atoms with Crippen molar-refractivity contribution in [2.75, 3.05) is 5.32 Å². The summed E-state index contributed by atoms with van der Waals surface area (Å²) in [4.78, 5) is 30.0. The molecule has 3 aromatic heterocycles. The molecule has 1 N–H and O–H groups in total. The fourth-order valence-corrected chi connectivity index (χ4v) is 3.20. The predicted molar refractivity (Wildman–Crippen MR) is 104 cm³/mol. The van der Waals surface area contributed by atoms with Gasteiger partial charge in [-0.1, -0.05) is 12.1 Å². The van der Waals surface area contributed by atoms with Gasteiger partial charge in [-0.15, -0.1) is 0 Å². The maximum Gasteiger partial charge on any atom is 0.277 e. The average molecular weight is 361 g/mol. The van der Waals surface area contributed by atoms with Gasteiger partial charge < -0.3 is 5.32 Å². The summed E-state index contributed by atoms with van der Waals surface area (Å²) in [5, 5.41) is 7.25. The summed E-state index contributed by atoms with van der Waals surface area (Å²) < 4.78 is 2.98. The molecule has 0 saturated heterocycles. The van der Waals surface area contributed by atoms with E-state index in [0.29, 0.717) is 16.7 Å². The molecule has 0 bridgehead atoms. The molecule has 0 fully saturated rings. The van der Waals surface area contributed by atoms with Crippen LogP contribution in [-0.4, -0.2) is 25.1 Å². The van der Waals surface area contributed by atoms with E-state index in [4.69, 9.17) is 0 Å². The molecule has 0 aliphatic heterocycles. The number of carbonyl (C=O) groups excluding carboxylic acids is 1. The lowest BCUT2D eigenvalue weighted by molar-refractivity contribution is -0.116. The zero-order chi connectivity index (χ0) is 19.1. The molecule has 0 spiro atoms. The van der Waals surface area contributed by atoms with Gasteiger partial charge in [0, 0.05) is 11.9 Å². The number of pyridine rings is 1. The molecule has 7 heteroatoms. The Morgan fingerprint density at radius 3 is 2.74 bits per heavy atom. The zero-order valence-electron chi connectivity index (χ0n) is 15.4. The van der Waals surface area contributed by atoms with Crippen LogP contribution in [0.2, 0.25) is 0 Å². The van der Waals surface area contributed by atoms with Crippen LogP contribution in [0.3, 0.4) is 0 Å². The second-order valence-electron chi connectivity index (χ2n) is 6.62. The van der Waals surface area contributed by atoms with Crippen molar-refractivity contribution in [2.45, 2.75) is 27.3 Å². The third-order valence-electron chi connectivity index (χ3n) is 4.73. The molecule has 4 rings (SSSR count). The van der Waals surface area contributed by atoms with Crippen molar-refractivity contribution < 1.29 is 4.79 Å². The summed E-state index contributed by atoms with van der Waals surface area (Å²) >= 11 is 0. The topological polar surface area (TPSA) is 81.3 Å². The van der Waals surface area contributed by atoms with E-state index in [1.54, 1.807) is 24.4 Å². The van der Waals surface area contributed by atoms with E-state index < -0.39 is 0 Å². The van der Waals surface area contributed by atoms with Crippen molar-refractivity contribution in [1.29, 1.82) is 0 Å². The lowest BCUT2D eigenvalue weighted by Gasteiger charge is -2.13. The van der Waals surface area contributed by atoms with Crippen molar-refractivity contribution in [1.82, 2.24) is 19.2 Å². The Labute approximate surface area is 155 Å². The van der Waals surface area contributed by atoms with Crippen LogP contribution in [-0.2, 0) is 11.3 Å². The van der Waals surface area contributed by atoms with Crippen LogP contribution in [0.5, 0.6) is 0 Å². The van der Waals surface area contributed by atoms with Crippen molar-refractivity contribution in [3.8, 4) is 0 Å². The molecule has 27 heavy (non-hydrogen) atoms. The predicted octanol–water partition coefficient (Wildman–Crippen LogP) is 2.61. The van der Waals surface area contributed by atoms with Crippen molar-refractivity contribution in [2.24, 2.45) is 0 Å². The molecular weight excluding hydrogens is 342 g/mol. The highest BCUT2D eigenvalue weighted by molar-refractivity contribution is 5.92. The lowest BCUT2D eigenvalue weighted by Crippen LogP contribution is -2.29. The van der Waals surface area contributed by atoms with E-state index >= 15 is 0 Å². The first-order valence-electron chi connectivity index (χ1n) is 8.65. The van der Waals surface area contributed by atoms with E-state index in [9.17, 15) is 9.59 Å². The second-order valence-corrected chi connectivity index (χ2v) is 6.62. The molecule has 3 heterocycles. The van der Waals surface area contributed by atoms with Crippen molar-refractivity contribution in [3.63, 3.8) is 0 Å². The third kappa shape index (κ3) is 2.87. The van der Waals surface area contributed by atoms with Crippen LogP contribution < -0.4 is 10.9 Å². The number of rotatable bonds is 3. The van der Waals surface area contributed by atoms with Gasteiger partial charge in [0.2, 0.25) is 5.91 Å². The summed E-state index contributed by atoms with van der Waals surface area (Å²) in [7, 11) is 0. The normalized spacial score (nSPS) is 11.2. The maximum atomic E-state index is 13.0. The lowest BCUT2D eigenvalue weighted by atomic mass is 10.1. The Kier molecular flexibility index (Phi) is 3.99. The standard InChI is InChI=1S/C20H19N5O2/c1-12-6-4-7-15(14(12)3)22-18(26)11-24-16-8-5-9-21-19(16)25-17(20(24)27)10-13(2)23-25/h4-10H,11H2,1-3H3,(H,22,26). The summed E-state index contributed by atoms with van der Waals surface area (Å²) in [6.45, 7) is 5.66. The van der Waals surface area contributed by atoms with Crippen LogP contribution in [0.1, 0.15) is 16.8 Å². The number of hydrogen-bond acceptors (Lipinski definition) is 4. The fraction of sp³-hybridized carbons (Fsp3) is 0.200. The summed E-state index contributed by atoms with van der Waals surface area (Å²) in [5.74, 6) is -0.267. The molecular formula is C20H19N5O2. The molecule has 136 valence electrons. The van der Waals surface area contributed by atoms with Crippen molar-refractivity contribution >= 4 is 28.3 Å². The number of aryl methyl sites for hydroxylation is 2. The average Bonchev–Trinajstić information content (AvgIpc) is 3.04. The Morgan fingerprint density at radius 1 is 1.11 bits per heavy atom. The number of hydrogen-bond donors (Lipinski definition) is 1. The molecule has 4 aromatic rings. The fourth-order valence-electron chi connectivity index (χ4n) is 3.20. The smallest absolute Gasteiger partial charge is 0.277 e. The number of anilines is 1. The van der Waals surface area contributed by atoms with Gasteiger partial charge in [0.1, 0.15) is 12.1 Å². The number of nitrogens with zero attached hydrogens (tertiary/aromatic N) is 4. The number of carbonyl (C=O) groups is 1. The quantitative estimate of drug-likeness (QED) is 0.608. The monoisotopic (exact) mass is 361 g/mol. The number of nitrogens with one attached hydrogen (secondary N) is 1. The minimum atomic E-state index is -0.271. The molecule has 0 aliphatic carbocycles. The van der Waals surface area contributed by atoms with Gasteiger partial charge in [-0.3, -0.25) is 14.2 Å². The van der Waals surface area contributed by atoms with Gasteiger partial charge in [-0.25, -0.2) is 9.50 Å². The van der Waals surface area contributed by atoms with Crippen LogP contribution >= 0.6 is 0 Å². The Morgan fingerprint density at radius 2 is 1.93 bits per heavy atom. The second kappa shape index (κ2) is 6.35. The highest BCUT2D eigenvalue weighted by atomic mass is 16.2. The highest BCUT2D eigenvalue weighted by Crippen LogP contribution is 2.18. The van der Waals surface area contributed by atoms with Gasteiger partial charge in [0.05, 0.1) is 11.2 Å². The highest BCUT2D eigenvalue weighted by Gasteiger charge is 2.16. The Bertz CT molecular complexity index is 1250. The van der Waals surface area contributed by atoms with E-state index in [-0.39, 0.29) is 18.0 Å². The molecule has 1 amide bonds. The minimum absolute atomic E-state index is 0.102. The van der Waals surface area contributed by atoms with Gasteiger partial charge >= 0.3 is 0 Å². The molecule has 0 unspecified atom stereocenters. The van der Waals surface area contributed by atoms with Crippen LogP contribution in [0.4, 0.5) is 5.69 Å². The Hall–Kier alpha value is -3.48. The molecule has 0 radical (unpaired) electrons. The van der Waals surface area contributed by atoms with Gasteiger partial charge in [-0.2, -0.15) is 5.10 Å². The zero-order valence-corrected chi connectivity index (χ0v) is 15.4. The summed E-state index contributed by atoms with van der Waals surface area (Å²) in [6, 6.07) is 10.9. The van der Waals surface area contributed by atoms with E-state index in [0.717, 1.165) is 22.5 Å². The van der Waals surface area contributed by atoms with Crippen LogP contribution in [0.15, 0.2) is 47.4 Å². The first-order valence-corrected chi connectivity index (χ1v) is 8.65. The molecule has 0 atom stereocenters. The number of benzene rings is 1. The summed E-state index contributed by atoms with van der Waals surface area (Å²) in [5.41, 5.74) is 4.80. The van der Waals surface area contributed by atoms with Crippen molar-refractivity contribution in [3.05, 3.63) is 69.8 Å². The van der Waals surface area contributed by atoms with Crippen LogP contribution in [0, 0.1) is 20.8 Å². The van der Waals surface area contributed by atoms with Crippen LogP contribution in [0.25, 0.3) is 16.7 Å². The molecule has 7 nitrogen and oxygen atoms in total. The molecule has 0 aliphatic rings. The van der Waals surface area contributed by atoms with Gasteiger partial charge in [-0.05, 0) is 56.2 Å². The van der Waals surface area contributed by atoms with Gasteiger partial charge in [0.25, 0.3) is 5.56 Å². The number of fused-ring (bicyclic) bond motifs is 3. The first kappa shape index (κ1) is 17.0. The molecule has 0 saturated carbocycles. The van der Waals surface area contributed by atoms with Gasteiger partial charge in [0.15, 0.2) is 5.65 Å². The first-order chi connectivity index (χ1) is 13.0. The SMILES string of the molecule is Cc1cc2c(=O)n(CC(=O)Nc3cccc(C)c3C)c3cccnc3n2n1. The largest absolute Gasteiger partial charge is 0.324 e. The Balaban J connectivity index is 1.79. The number of aromatic nitrogens is 4. The maximum absolute atomic E-state index is 13.0. The van der Waals surface area contributed by atoms with E-state index in [1.165, 1.54) is 9.08 Å². The minimum Gasteiger partial charge on any atom is -0.324 e. The number of amides is 1.